The number of aromatic nitrogens is 3. The van der Waals surface area contributed by atoms with E-state index in [-0.39, 0.29) is 6.04 Å². The Bertz CT molecular complexity index is 504. The lowest BCUT2D eigenvalue weighted by molar-refractivity contribution is 0.560. The summed E-state index contributed by atoms with van der Waals surface area (Å²) < 4.78 is 2.81. The van der Waals surface area contributed by atoms with Crippen LogP contribution in [0.3, 0.4) is 0 Å². The summed E-state index contributed by atoms with van der Waals surface area (Å²) in [5.41, 5.74) is 1.97. The number of aryl methyl sites for hydroxylation is 1. The molecule has 0 spiro atoms. The zero-order valence-corrected chi connectivity index (χ0v) is 12.5. The van der Waals surface area contributed by atoms with Crippen LogP contribution in [0.4, 0.5) is 0 Å². The van der Waals surface area contributed by atoms with Crippen molar-refractivity contribution < 1.29 is 0 Å². The fourth-order valence-corrected chi connectivity index (χ4v) is 2.54. The molecule has 1 N–H and O–H groups in total. The van der Waals surface area contributed by atoms with Crippen LogP contribution in [0.25, 0.3) is 0 Å². The first kappa shape index (κ1) is 13.5. The summed E-state index contributed by atoms with van der Waals surface area (Å²) >= 11 is 9.39. The minimum Gasteiger partial charge on any atom is -0.304 e. The van der Waals surface area contributed by atoms with E-state index in [0.717, 1.165) is 22.4 Å². The Balaban J connectivity index is 2.43. The lowest BCUT2D eigenvalue weighted by Crippen LogP contribution is -2.25. The maximum absolute atomic E-state index is 5.87. The van der Waals surface area contributed by atoms with E-state index in [1.807, 2.05) is 23.9 Å². The Morgan fingerprint density at radius 3 is 2.72 bits per heavy atom. The van der Waals surface area contributed by atoms with Crippen molar-refractivity contribution >= 4 is 27.5 Å². The maximum Gasteiger partial charge on any atom is 0.0933 e. The second-order valence-electron chi connectivity index (χ2n) is 3.89. The fourth-order valence-electron chi connectivity index (χ4n) is 1.85. The summed E-state index contributed by atoms with van der Waals surface area (Å²) in [6.07, 6.45) is 3.45. The highest BCUT2D eigenvalue weighted by Crippen LogP contribution is 2.27. The molecule has 0 radical (unpaired) electrons. The third-order valence-electron chi connectivity index (χ3n) is 2.67. The number of nitrogens with one attached hydrogen (secondary N) is 1. The molecule has 1 atom stereocenters. The number of hydrogen-bond donors (Lipinski definition) is 1. The molecule has 2 rings (SSSR count). The van der Waals surface area contributed by atoms with Crippen LogP contribution >= 0.6 is 27.5 Å². The van der Waals surface area contributed by atoms with Gasteiger partial charge in [-0.05, 0) is 34.6 Å². The smallest absolute Gasteiger partial charge is 0.0933 e. The summed E-state index contributed by atoms with van der Waals surface area (Å²) in [5, 5.41) is 8.28. The van der Waals surface area contributed by atoms with Gasteiger partial charge in [-0.2, -0.15) is 5.10 Å². The van der Waals surface area contributed by atoms with Crippen LogP contribution in [0.2, 0.25) is 5.02 Å². The molecule has 0 fully saturated rings. The van der Waals surface area contributed by atoms with Crippen LogP contribution in [0.1, 0.15) is 24.4 Å². The molecule has 0 bridgehead atoms. The van der Waals surface area contributed by atoms with Crippen LogP contribution in [-0.4, -0.2) is 21.3 Å². The van der Waals surface area contributed by atoms with Gasteiger partial charge in [0.1, 0.15) is 0 Å². The van der Waals surface area contributed by atoms with E-state index >= 15 is 0 Å². The topological polar surface area (TPSA) is 42.7 Å². The van der Waals surface area contributed by atoms with Gasteiger partial charge < -0.3 is 5.32 Å². The van der Waals surface area contributed by atoms with E-state index in [0.29, 0.717) is 5.02 Å². The summed E-state index contributed by atoms with van der Waals surface area (Å²) in [6, 6.07) is 3.77. The minimum atomic E-state index is -0.00542. The molecule has 2 aromatic rings. The quantitative estimate of drug-likeness (QED) is 0.938. The molecule has 6 heteroatoms. The van der Waals surface area contributed by atoms with Gasteiger partial charge in [0.25, 0.3) is 0 Å². The first-order valence-corrected chi connectivity index (χ1v) is 6.82. The fraction of sp³-hybridized carbons (Fsp3) is 0.333. The van der Waals surface area contributed by atoms with Gasteiger partial charge in [-0.15, -0.1) is 0 Å². The van der Waals surface area contributed by atoms with Gasteiger partial charge in [-0.3, -0.25) is 9.67 Å². The maximum atomic E-state index is 5.87. The largest absolute Gasteiger partial charge is 0.304 e. The van der Waals surface area contributed by atoms with Crippen molar-refractivity contribution in [3.05, 3.63) is 45.4 Å². The highest BCUT2D eigenvalue weighted by molar-refractivity contribution is 9.10. The number of pyridine rings is 1. The van der Waals surface area contributed by atoms with Gasteiger partial charge in [-0.25, -0.2) is 0 Å². The summed E-state index contributed by atoms with van der Waals surface area (Å²) in [6.45, 7) is 2.90. The predicted molar refractivity (Wildman–Crippen MR) is 75.7 cm³/mol. The average molecular weight is 330 g/mol. The molecule has 4 nitrogen and oxygen atoms in total. The highest BCUT2D eigenvalue weighted by Gasteiger charge is 2.20. The van der Waals surface area contributed by atoms with Gasteiger partial charge in [0.2, 0.25) is 0 Å². The SMILES string of the molecule is CCNC(c1ccc(Cl)cn1)c1c(Br)cnn1C. The molecule has 0 aliphatic heterocycles. The van der Waals surface area contributed by atoms with Gasteiger partial charge in [-0.1, -0.05) is 18.5 Å². The molecule has 2 aromatic heterocycles. The molecule has 0 aliphatic rings. The monoisotopic (exact) mass is 328 g/mol. The van der Waals surface area contributed by atoms with Gasteiger partial charge in [0, 0.05) is 13.2 Å². The van der Waals surface area contributed by atoms with Crippen molar-refractivity contribution in [2.24, 2.45) is 7.05 Å². The molecule has 0 aromatic carbocycles. The number of nitrogens with zero attached hydrogens (tertiary/aromatic N) is 3. The zero-order chi connectivity index (χ0) is 13.1. The van der Waals surface area contributed by atoms with Crippen molar-refractivity contribution in [3.63, 3.8) is 0 Å². The second kappa shape index (κ2) is 5.82. The molecule has 18 heavy (non-hydrogen) atoms. The molecular formula is C12H14BrClN4. The minimum absolute atomic E-state index is 0.00542. The Labute approximate surface area is 119 Å². The van der Waals surface area contributed by atoms with Crippen molar-refractivity contribution in [1.29, 1.82) is 0 Å². The van der Waals surface area contributed by atoms with E-state index in [1.54, 1.807) is 12.4 Å². The van der Waals surface area contributed by atoms with Gasteiger partial charge >= 0.3 is 0 Å². The first-order valence-electron chi connectivity index (χ1n) is 5.65. The van der Waals surface area contributed by atoms with Crippen LogP contribution in [0.5, 0.6) is 0 Å². The lowest BCUT2D eigenvalue weighted by Gasteiger charge is -2.18. The normalized spacial score (nSPS) is 12.7. The molecular weight excluding hydrogens is 316 g/mol. The van der Waals surface area contributed by atoms with Gasteiger partial charge in [0.05, 0.1) is 33.1 Å². The summed E-state index contributed by atoms with van der Waals surface area (Å²) in [4.78, 5) is 4.38. The third-order valence-corrected chi connectivity index (χ3v) is 3.50. The van der Waals surface area contributed by atoms with E-state index < -0.39 is 0 Å². The summed E-state index contributed by atoms with van der Waals surface area (Å²) in [7, 11) is 1.92. The van der Waals surface area contributed by atoms with E-state index in [1.165, 1.54) is 0 Å². The molecule has 0 amide bonds. The van der Waals surface area contributed by atoms with Crippen LogP contribution < -0.4 is 5.32 Å². The zero-order valence-electron chi connectivity index (χ0n) is 10.2. The Hall–Kier alpha value is -0.910. The highest BCUT2D eigenvalue weighted by atomic mass is 79.9. The first-order chi connectivity index (χ1) is 8.63. The van der Waals surface area contributed by atoms with Crippen LogP contribution in [-0.2, 0) is 7.05 Å². The van der Waals surface area contributed by atoms with E-state index in [2.05, 4.69) is 38.3 Å². The van der Waals surface area contributed by atoms with Crippen LogP contribution in [0.15, 0.2) is 29.0 Å². The van der Waals surface area contributed by atoms with E-state index in [4.69, 9.17) is 11.6 Å². The average Bonchev–Trinajstić information content (AvgIpc) is 2.68. The van der Waals surface area contributed by atoms with Gasteiger partial charge in [0.15, 0.2) is 0 Å². The third kappa shape index (κ3) is 2.74. The van der Waals surface area contributed by atoms with Crippen molar-refractivity contribution in [1.82, 2.24) is 20.1 Å². The van der Waals surface area contributed by atoms with Crippen molar-refractivity contribution in [3.8, 4) is 0 Å². The second-order valence-corrected chi connectivity index (χ2v) is 5.18. The Morgan fingerprint density at radius 2 is 2.22 bits per heavy atom. The molecule has 0 saturated heterocycles. The molecule has 0 saturated carbocycles. The van der Waals surface area contributed by atoms with E-state index in [9.17, 15) is 0 Å². The molecule has 1 unspecified atom stereocenters. The van der Waals surface area contributed by atoms with Crippen molar-refractivity contribution in [2.45, 2.75) is 13.0 Å². The Morgan fingerprint density at radius 1 is 1.44 bits per heavy atom. The molecule has 96 valence electrons. The lowest BCUT2D eigenvalue weighted by atomic mass is 10.1. The standard InChI is InChI=1S/C12H14BrClN4/c1-3-15-11(10-5-4-8(14)6-16-10)12-9(13)7-17-18(12)2/h4-7,11,15H,3H2,1-2H3. The number of hydrogen-bond acceptors (Lipinski definition) is 3. The molecule has 0 aliphatic carbocycles. The van der Waals surface area contributed by atoms with Crippen LogP contribution in [0, 0.1) is 0 Å². The number of halogens is 2. The predicted octanol–water partition coefficient (Wildman–Crippen LogP) is 2.93. The number of rotatable bonds is 4. The molecule has 2 heterocycles. The summed E-state index contributed by atoms with van der Waals surface area (Å²) in [5.74, 6) is 0. The Kier molecular flexibility index (Phi) is 4.37. The van der Waals surface area contributed by atoms with Crippen molar-refractivity contribution in [2.75, 3.05) is 6.54 Å².